The summed E-state index contributed by atoms with van der Waals surface area (Å²) < 4.78 is 49.8. The molecule has 3 rings (SSSR count). The summed E-state index contributed by atoms with van der Waals surface area (Å²) in [5.74, 6) is 0.213. The zero-order valence-electron chi connectivity index (χ0n) is 14.5. The van der Waals surface area contributed by atoms with Gasteiger partial charge in [-0.15, -0.1) is 0 Å². The molecule has 1 fully saturated rings. The van der Waals surface area contributed by atoms with E-state index in [0.717, 1.165) is 12.8 Å². The Balaban J connectivity index is 1.56. The van der Waals surface area contributed by atoms with Crippen LogP contribution >= 0.6 is 0 Å². The molecule has 1 aromatic rings. The van der Waals surface area contributed by atoms with E-state index >= 15 is 0 Å². The maximum absolute atomic E-state index is 12.9. The molecule has 0 bridgehead atoms. The van der Waals surface area contributed by atoms with Crippen molar-refractivity contribution in [2.45, 2.75) is 38.3 Å². The van der Waals surface area contributed by atoms with Crippen LogP contribution in [-0.2, 0) is 0 Å². The Labute approximate surface area is 150 Å². The van der Waals surface area contributed by atoms with Crippen LogP contribution in [0.2, 0.25) is 0 Å². The third-order valence-electron chi connectivity index (χ3n) is 4.79. The topological polar surface area (TPSA) is 68.9 Å². The van der Waals surface area contributed by atoms with Crippen LogP contribution in [0.1, 0.15) is 32.1 Å². The molecule has 5 nitrogen and oxygen atoms in total. The van der Waals surface area contributed by atoms with Crippen molar-refractivity contribution in [1.82, 2.24) is 0 Å². The number of nitrogens with one attached hydrogen (secondary N) is 1. The van der Waals surface area contributed by atoms with Gasteiger partial charge in [-0.2, -0.15) is 13.2 Å². The highest BCUT2D eigenvalue weighted by molar-refractivity contribution is 5.92. The molecule has 1 heterocycles. The molecule has 0 aromatic heterocycles. The lowest BCUT2D eigenvalue weighted by Crippen LogP contribution is -2.30. The van der Waals surface area contributed by atoms with Gasteiger partial charge in [-0.3, -0.25) is 4.99 Å². The highest BCUT2D eigenvalue weighted by Crippen LogP contribution is 2.40. The first-order valence-corrected chi connectivity index (χ1v) is 8.95. The minimum atomic E-state index is -4.11. The molecule has 26 heavy (non-hydrogen) atoms. The minimum absolute atomic E-state index is 0.0838. The molecule has 1 aliphatic carbocycles. The Bertz CT molecular complexity index is 649. The summed E-state index contributed by atoms with van der Waals surface area (Å²) in [4.78, 5) is 4.23. The SMILES string of the molecule is NC(=NCC1CCCC(C(F)(F)F)C1)Nc1ccc2c(c1)OCCCO2. The molecule has 0 amide bonds. The summed E-state index contributed by atoms with van der Waals surface area (Å²) in [6.07, 6.45) is -1.61. The maximum atomic E-state index is 12.9. The van der Waals surface area contributed by atoms with Gasteiger partial charge in [0.05, 0.1) is 19.1 Å². The van der Waals surface area contributed by atoms with Crippen molar-refractivity contribution in [1.29, 1.82) is 0 Å². The average Bonchev–Trinajstić information content (AvgIpc) is 2.84. The zero-order valence-corrected chi connectivity index (χ0v) is 14.5. The van der Waals surface area contributed by atoms with Gasteiger partial charge in [0.25, 0.3) is 0 Å². The molecule has 1 aromatic carbocycles. The first-order valence-electron chi connectivity index (χ1n) is 8.95. The van der Waals surface area contributed by atoms with Crippen molar-refractivity contribution < 1.29 is 22.6 Å². The monoisotopic (exact) mass is 371 g/mol. The number of ether oxygens (including phenoxy) is 2. The molecule has 0 radical (unpaired) electrons. The first-order chi connectivity index (χ1) is 12.4. The Kier molecular flexibility index (Phi) is 5.78. The third kappa shape index (κ3) is 4.95. The Morgan fingerprint density at radius 1 is 1.15 bits per heavy atom. The number of alkyl halides is 3. The van der Waals surface area contributed by atoms with E-state index in [1.165, 1.54) is 0 Å². The number of nitrogens with zero attached hydrogens (tertiary/aromatic N) is 1. The van der Waals surface area contributed by atoms with Crippen LogP contribution in [0.4, 0.5) is 18.9 Å². The fourth-order valence-corrected chi connectivity index (χ4v) is 3.41. The molecule has 3 N–H and O–H groups in total. The Hall–Kier alpha value is -2.12. The number of rotatable bonds is 3. The number of halogens is 3. The molecule has 1 aliphatic heterocycles. The summed E-state index contributed by atoms with van der Waals surface area (Å²) in [6, 6.07) is 5.38. The molecule has 2 unspecified atom stereocenters. The normalized spacial score (nSPS) is 24.0. The smallest absolute Gasteiger partial charge is 0.391 e. The summed E-state index contributed by atoms with van der Waals surface area (Å²) in [5.41, 5.74) is 6.60. The van der Waals surface area contributed by atoms with Crippen molar-refractivity contribution in [2.24, 2.45) is 22.6 Å². The number of benzene rings is 1. The Morgan fingerprint density at radius 3 is 2.69 bits per heavy atom. The molecule has 0 saturated heterocycles. The lowest BCUT2D eigenvalue weighted by Gasteiger charge is -2.29. The van der Waals surface area contributed by atoms with Gasteiger partial charge in [-0.1, -0.05) is 6.42 Å². The van der Waals surface area contributed by atoms with Gasteiger partial charge in [0.2, 0.25) is 0 Å². The lowest BCUT2D eigenvalue weighted by atomic mass is 9.81. The van der Waals surface area contributed by atoms with E-state index in [1.54, 1.807) is 18.2 Å². The fraction of sp³-hybridized carbons (Fsp3) is 0.611. The van der Waals surface area contributed by atoms with Crippen LogP contribution in [0.5, 0.6) is 11.5 Å². The van der Waals surface area contributed by atoms with Crippen LogP contribution in [0.3, 0.4) is 0 Å². The summed E-state index contributed by atoms with van der Waals surface area (Å²) >= 11 is 0. The van der Waals surface area contributed by atoms with Crippen molar-refractivity contribution in [3.63, 3.8) is 0 Å². The van der Waals surface area contributed by atoms with Crippen LogP contribution in [0, 0.1) is 11.8 Å². The predicted octanol–water partition coefficient (Wildman–Crippen LogP) is 3.94. The van der Waals surface area contributed by atoms with Gasteiger partial charge in [-0.25, -0.2) is 0 Å². The molecule has 1 saturated carbocycles. The maximum Gasteiger partial charge on any atom is 0.391 e. The van der Waals surface area contributed by atoms with E-state index in [9.17, 15) is 13.2 Å². The van der Waals surface area contributed by atoms with Crippen LogP contribution in [-0.4, -0.2) is 31.9 Å². The third-order valence-corrected chi connectivity index (χ3v) is 4.79. The van der Waals surface area contributed by atoms with E-state index in [1.807, 2.05) is 0 Å². The summed E-state index contributed by atoms with van der Waals surface area (Å²) in [6.45, 7) is 1.50. The fourth-order valence-electron chi connectivity index (χ4n) is 3.41. The van der Waals surface area contributed by atoms with Crippen molar-refractivity contribution >= 4 is 11.6 Å². The number of fused-ring (bicyclic) bond motifs is 1. The van der Waals surface area contributed by atoms with E-state index in [-0.39, 0.29) is 24.7 Å². The number of anilines is 1. The second-order valence-corrected chi connectivity index (χ2v) is 6.83. The summed E-state index contributed by atoms with van der Waals surface area (Å²) in [5, 5.41) is 2.96. The molecular formula is C18H24F3N3O2. The number of aliphatic imine (C=N–C) groups is 1. The van der Waals surface area contributed by atoms with Crippen molar-refractivity contribution in [2.75, 3.05) is 25.1 Å². The van der Waals surface area contributed by atoms with E-state index in [0.29, 0.717) is 43.4 Å². The van der Waals surface area contributed by atoms with Gasteiger partial charge in [0, 0.05) is 24.7 Å². The second kappa shape index (κ2) is 8.05. The first kappa shape index (κ1) is 18.7. The van der Waals surface area contributed by atoms with Gasteiger partial charge < -0.3 is 20.5 Å². The lowest BCUT2D eigenvalue weighted by molar-refractivity contribution is -0.185. The highest BCUT2D eigenvalue weighted by atomic mass is 19.4. The predicted molar refractivity (Wildman–Crippen MR) is 93.7 cm³/mol. The van der Waals surface area contributed by atoms with Crippen LogP contribution in [0.25, 0.3) is 0 Å². The molecule has 2 aliphatic rings. The average molecular weight is 371 g/mol. The minimum Gasteiger partial charge on any atom is -0.490 e. The van der Waals surface area contributed by atoms with E-state index < -0.39 is 12.1 Å². The van der Waals surface area contributed by atoms with Gasteiger partial charge >= 0.3 is 6.18 Å². The highest BCUT2D eigenvalue weighted by Gasteiger charge is 2.41. The largest absolute Gasteiger partial charge is 0.490 e. The van der Waals surface area contributed by atoms with Crippen LogP contribution < -0.4 is 20.5 Å². The number of hydrogen-bond donors (Lipinski definition) is 2. The Morgan fingerprint density at radius 2 is 1.92 bits per heavy atom. The zero-order chi connectivity index (χ0) is 18.6. The molecule has 2 atom stereocenters. The standard InChI is InChI=1S/C18H24F3N3O2/c19-18(20,21)13-4-1-3-12(9-13)11-23-17(22)24-14-5-6-15-16(10-14)26-8-2-7-25-15/h5-6,10,12-13H,1-4,7-9,11H2,(H3,22,23,24). The van der Waals surface area contributed by atoms with Crippen LogP contribution in [0.15, 0.2) is 23.2 Å². The summed E-state index contributed by atoms with van der Waals surface area (Å²) in [7, 11) is 0. The molecular weight excluding hydrogens is 347 g/mol. The van der Waals surface area contributed by atoms with Crippen molar-refractivity contribution in [3.05, 3.63) is 18.2 Å². The number of nitrogens with two attached hydrogens (primary N) is 1. The molecule has 0 spiro atoms. The van der Waals surface area contributed by atoms with Gasteiger partial charge in [-0.05, 0) is 37.3 Å². The number of guanidine groups is 1. The van der Waals surface area contributed by atoms with E-state index in [4.69, 9.17) is 15.2 Å². The molecule has 8 heteroatoms. The van der Waals surface area contributed by atoms with E-state index in [2.05, 4.69) is 10.3 Å². The van der Waals surface area contributed by atoms with Gasteiger partial charge in [0.1, 0.15) is 0 Å². The van der Waals surface area contributed by atoms with Gasteiger partial charge in [0.15, 0.2) is 17.5 Å². The quantitative estimate of drug-likeness (QED) is 0.624. The molecule has 144 valence electrons. The number of hydrogen-bond acceptors (Lipinski definition) is 3. The second-order valence-electron chi connectivity index (χ2n) is 6.83. The van der Waals surface area contributed by atoms with Crippen molar-refractivity contribution in [3.8, 4) is 11.5 Å².